The summed E-state index contributed by atoms with van der Waals surface area (Å²) in [7, 11) is 5.02. The number of nitrogens with zero attached hydrogens (tertiary/aromatic N) is 4. The molecule has 0 amide bonds. The summed E-state index contributed by atoms with van der Waals surface area (Å²) in [6.45, 7) is 15.1. The third-order valence-electron chi connectivity index (χ3n) is 15.2. The largest absolute Gasteiger partial charge is 1.00 e. The maximum Gasteiger partial charge on any atom is 1.00 e. The Morgan fingerprint density at radius 1 is 0.457 bits per heavy atom. The van der Waals surface area contributed by atoms with E-state index in [0.29, 0.717) is 29.4 Å². The molecule has 4 heterocycles. The number of hydrogen-bond donors (Lipinski definition) is 3. The summed E-state index contributed by atoms with van der Waals surface area (Å²) in [4.78, 5) is 53.8. The first-order valence-corrected chi connectivity index (χ1v) is 36.2. The number of alkyl halides is 1. The fourth-order valence-corrected chi connectivity index (χ4v) is 12.9. The van der Waals surface area contributed by atoms with Crippen molar-refractivity contribution < 1.29 is 93.0 Å². The zero-order valence-electron chi connectivity index (χ0n) is 60.4. The van der Waals surface area contributed by atoms with Crippen molar-refractivity contribution in [2.75, 3.05) is 41.7 Å². The molecule has 8 aromatic carbocycles. The van der Waals surface area contributed by atoms with Crippen LogP contribution in [-0.2, 0) is 23.9 Å². The molecule has 0 radical (unpaired) electrons. The first kappa shape index (κ1) is 87.8. The molecule has 4 aromatic heterocycles. The van der Waals surface area contributed by atoms with Gasteiger partial charge in [0.05, 0.1) is 73.8 Å². The van der Waals surface area contributed by atoms with E-state index in [4.69, 9.17) is 61.7 Å². The number of esters is 2. The number of carbonyl (C=O) groups is 3. The van der Waals surface area contributed by atoms with Gasteiger partial charge in [0.15, 0.2) is 0 Å². The predicted molar refractivity (Wildman–Crippen MR) is 429 cm³/mol. The number of benzene rings is 8. The Kier molecular flexibility index (Phi) is 35.1. The molecule has 0 unspecified atom stereocenters. The smallest absolute Gasteiger partial charge is 0.870 e. The quantitative estimate of drug-likeness (QED) is 0.0332. The number of hydrogen-bond acceptors (Lipinski definition) is 18. The van der Waals surface area contributed by atoms with Gasteiger partial charge in [-0.05, 0) is 175 Å². The van der Waals surface area contributed by atoms with E-state index in [1.807, 2.05) is 172 Å². The van der Waals surface area contributed by atoms with Crippen molar-refractivity contribution in [3.05, 3.63) is 233 Å². The van der Waals surface area contributed by atoms with Crippen molar-refractivity contribution in [1.82, 2.24) is 19.9 Å². The molecular weight excluding hydrogens is 1550 g/mol. The summed E-state index contributed by atoms with van der Waals surface area (Å²) in [6, 6.07) is 61.9. The molecule has 12 rings (SSSR count). The van der Waals surface area contributed by atoms with E-state index in [0.717, 1.165) is 114 Å². The summed E-state index contributed by atoms with van der Waals surface area (Å²) in [5.74, 6) is 1.67. The Hall–Kier alpha value is -7.81. The molecule has 17 nitrogen and oxygen atoms in total. The number of aromatic nitrogens is 4. The van der Waals surface area contributed by atoms with Gasteiger partial charge in [0.2, 0.25) is 0 Å². The number of carboxylic acids is 1. The minimum absolute atomic E-state index is 0. The number of para-hydroxylation sites is 4. The Morgan fingerprint density at radius 2 is 0.790 bits per heavy atom. The summed E-state index contributed by atoms with van der Waals surface area (Å²) in [5.41, 5.74) is 10.1. The molecule has 0 spiro atoms. The van der Waals surface area contributed by atoms with Gasteiger partial charge in [-0.2, -0.15) is 0 Å². The molecule has 12 aromatic rings. The van der Waals surface area contributed by atoms with Crippen molar-refractivity contribution in [2.24, 2.45) is 0 Å². The first-order valence-electron chi connectivity index (χ1n) is 32.2. The first-order chi connectivity index (χ1) is 49.2. The van der Waals surface area contributed by atoms with Gasteiger partial charge < -0.3 is 49.1 Å². The van der Waals surface area contributed by atoms with Crippen LogP contribution in [0.1, 0.15) is 55.4 Å². The Morgan fingerprint density at radius 3 is 1.15 bits per heavy atom. The van der Waals surface area contributed by atoms with E-state index in [1.54, 1.807) is 117 Å². The van der Waals surface area contributed by atoms with Gasteiger partial charge in [-0.3, -0.25) is 34.3 Å². The average Bonchev–Trinajstić information content (AvgIpc) is 0.808. The van der Waals surface area contributed by atoms with Crippen LogP contribution in [0.3, 0.4) is 0 Å². The molecule has 0 aliphatic carbocycles. The van der Waals surface area contributed by atoms with Crippen molar-refractivity contribution in [1.29, 1.82) is 0 Å². The minimum Gasteiger partial charge on any atom is -0.870 e. The number of pyridine rings is 4. The van der Waals surface area contributed by atoms with Crippen molar-refractivity contribution in [3.63, 3.8) is 0 Å². The molecule has 25 heteroatoms. The predicted octanol–water partition coefficient (Wildman–Crippen LogP) is 16.3. The van der Waals surface area contributed by atoms with Crippen LogP contribution >= 0.6 is 78.6 Å². The van der Waals surface area contributed by atoms with Crippen LogP contribution in [0, 0.1) is 0 Å². The van der Waals surface area contributed by atoms with E-state index in [9.17, 15) is 19.5 Å². The third kappa shape index (κ3) is 24.6. The molecule has 105 heavy (non-hydrogen) atoms. The van der Waals surface area contributed by atoms with E-state index < -0.39 is 26.9 Å². The van der Waals surface area contributed by atoms with Crippen molar-refractivity contribution in [3.8, 4) is 56.4 Å². The van der Waals surface area contributed by atoms with E-state index in [1.165, 1.54) is 30.6 Å². The van der Waals surface area contributed by atoms with E-state index in [2.05, 4.69) is 57.9 Å². The van der Waals surface area contributed by atoms with Gasteiger partial charge in [-0.15, -0.1) is 23.5 Å². The molecule has 0 saturated heterocycles. The van der Waals surface area contributed by atoms with E-state index >= 15 is 0 Å². The summed E-state index contributed by atoms with van der Waals surface area (Å²) in [5, 5.41) is 32.4. The minimum atomic E-state index is -1.47. The molecule has 0 fully saturated rings. The normalized spacial score (nSPS) is 10.7. The Balaban J connectivity index is 0.000000235. The molecule has 0 aliphatic heterocycles. The SMILES string of the molecule is CCOC(=O)C(C)(C)Br.CCOC(=O)C(C)(C)Sc1ccnc2ccc(-c3ccccc3OC)cc12.COc1ccccc1-c1ccc2nccc(Cl)c2c1.COc1ccccc1-c1ccc2nccc(SC(C)(C)C(=O)O)c2c1.COc1ccccc1B(O)O.Clc1ccnc2ccc(Br)cc12.[Na+].[OH-]. The molecule has 4 N–H and O–H groups in total. The number of carboxylic acid groups (broad SMARTS) is 1. The fraction of sp³-hybridized carbons (Fsp3) is 0.212. The van der Waals surface area contributed by atoms with Gasteiger partial charge in [-0.1, -0.05) is 146 Å². The number of ether oxygens (including phenoxy) is 6. The van der Waals surface area contributed by atoms with Crippen LogP contribution in [0.25, 0.3) is 77.0 Å². The van der Waals surface area contributed by atoms with E-state index in [-0.39, 0.29) is 47.0 Å². The molecule has 0 bridgehead atoms. The number of thioether (sulfide) groups is 2. The van der Waals surface area contributed by atoms with Crippen LogP contribution in [-0.4, -0.2) is 121 Å². The van der Waals surface area contributed by atoms with Gasteiger partial charge in [0, 0.05) is 82.7 Å². The number of carbonyl (C=O) groups excluding carboxylic acids is 2. The molecule has 0 atom stereocenters. The van der Waals surface area contributed by atoms with Crippen molar-refractivity contribution >= 4 is 153 Å². The van der Waals surface area contributed by atoms with Crippen LogP contribution in [0.15, 0.2) is 233 Å². The zero-order valence-corrected chi connectivity index (χ0v) is 68.7. The van der Waals surface area contributed by atoms with Gasteiger partial charge >= 0.3 is 54.6 Å². The standard InChI is InChI=1S/C22H23NO3S.C20H19NO3S.C16H12ClNO.C9H5BrClN.C7H9BO3.C6H11BrO2.Na.H2O/c1-5-26-21(24)22(2,3)27-20-12-13-23-18-11-10-15(14-17(18)20)16-8-6-7-9-19(16)25-4;1-20(2,19(22)23)25-18-10-11-21-16-9-8-13(12-15(16)18)14-6-4-5-7-17(14)24-3;1-19-16-5-3-2-4-12(16)11-6-7-15-13(10-11)14(17)8-9-18-15;10-6-1-2-9-7(5-6)8(11)3-4-12-9;1-11-7-5-3-2-4-6(7)8(9)10;1-4-9-5(8)6(2,3)7;;/h6-14H,5H2,1-4H3;4-12H,1-3H3,(H,22,23);2-10H,1H3;1-5H;2-5,9-10H,1H3;4H2,1-3H3;;1H2/q;;;;;;+1;/p-1. The number of methoxy groups -OCH3 is 4. The van der Waals surface area contributed by atoms with Crippen LogP contribution in [0.2, 0.25) is 10.0 Å². The number of halogens is 4. The summed E-state index contributed by atoms with van der Waals surface area (Å²) in [6.07, 6.45) is 6.91. The van der Waals surface area contributed by atoms with Crippen LogP contribution < -0.4 is 54.0 Å². The third-order valence-corrected chi connectivity index (χ3v) is 19.2. The number of aliphatic carboxylic acids is 1. The van der Waals surface area contributed by atoms with Gasteiger partial charge in [0.25, 0.3) is 0 Å². The Bertz CT molecular complexity index is 4890. The molecule has 542 valence electrons. The zero-order chi connectivity index (χ0) is 75.0. The topological polar surface area (TPSA) is 249 Å². The van der Waals surface area contributed by atoms with Crippen LogP contribution in [0.5, 0.6) is 23.0 Å². The van der Waals surface area contributed by atoms with Crippen LogP contribution in [0.4, 0.5) is 0 Å². The summed E-state index contributed by atoms with van der Waals surface area (Å²) >= 11 is 21.6. The second-order valence-electron chi connectivity index (χ2n) is 23.7. The maximum atomic E-state index is 12.3. The second-order valence-corrected chi connectivity index (χ2v) is 30.8. The molecule has 0 aliphatic rings. The maximum absolute atomic E-state index is 12.3. The number of fused-ring (bicyclic) bond motifs is 4. The Labute approximate surface area is 670 Å². The summed E-state index contributed by atoms with van der Waals surface area (Å²) < 4.78 is 30.0. The molecular formula is C80H80BBr2Cl2N4NaO13S2. The second kappa shape index (κ2) is 41.9. The molecule has 0 saturated carbocycles. The average molecular weight is 1630 g/mol. The van der Waals surface area contributed by atoms with Crippen molar-refractivity contribution in [2.45, 2.75) is 79.0 Å². The number of rotatable bonds is 17. The van der Waals surface area contributed by atoms with Gasteiger partial charge in [0.1, 0.15) is 36.8 Å². The van der Waals surface area contributed by atoms with Gasteiger partial charge in [-0.25, -0.2) is 0 Å². The fourth-order valence-electron chi connectivity index (χ4n) is 9.89. The monoisotopic (exact) mass is 1630 g/mol.